The van der Waals surface area contributed by atoms with E-state index in [1.165, 1.54) is 19.1 Å². The first-order valence-corrected chi connectivity index (χ1v) is 8.94. The molecule has 0 aliphatic carbocycles. The topological polar surface area (TPSA) is 65.1 Å². The average molecular weight is 404 g/mol. The Balaban J connectivity index is 2.38. The first-order valence-electron chi connectivity index (χ1n) is 8.18. The third-order valence-corrected chi connectivity index (χ3v) is 4.94. The highest BCUT2D eigenvalue weighted by molar-refractivity contribution is 6.42. The molecule has 2 atom stereocenters. The van der Waals surface area contributed by atoms with Crippen LogP contribution in [0.2, 0.25) is 10.0 Å². The number of amides is 1. The molecule has 1 aliphatic rings. The number of esters is 1. The van der Waals surface area contributed by atoms with Gasteiger partial charge in [-0.05, 0) is 39.3 Å². The molecule has 0 radical (unpaired) electrons. The number of rotatable bonds is 3. The third-order valence-electron chi connectivity index (χ3n) is 4.12. The number of halogens is 2. The van der Waals surface area contributed by atoms with Crippen molar-refractivity contribution in [3.05, 3.63) is 27.7 Å². The lowest BCUT2D eigenvalue weighted by atomic mass is 9.95. The van der Waals surface area contributed by atoms with Crippen LogP contribution in [-0.4, -0.2) is 49.4 Å². The Labute approximate surface area is 163 Å². The van der Waals surface area contributed by atoms with Crippen molar-refractivity contribution in [2.75, 3.05) is 20.8 Å². The molecular weight excluding hydrogens is 381 g/mol. The monoisotopic (exact) mass is 403 g/mol. The minimum absolute atomic E-state index is 0.241. The third kappa shape index (κ3) is 4.35. The van der Waals surface area contributed by atoms with Crippen molar-refractivity contribution in [3.63, 3.8) is 0 Å². The van der Waals surface area contributed by atoms with Gasteiger partial charge < -0.3 is 14.2 Å². The van der Waals surface area contributed by atoms with E-state index in [1.807, 2.05) is 0 Å². The van der Waals surface area contributed by atoms with E-state index < -0.39 is 23.7 Å². The molecule has 0 saturated carbocycles. The molecule has 2 unspecified atom stereocenters. The molecule has 0 bridgehead atoms. The zero-order chi connectivity index (χ0) is 19.6. The standard InChI is InChI=1S/C18H23Cl2NO5/c1-18(2,3)26-17(23)21-9-10(8-12(21)16(22)25-5)14-13(24-4)7-6-11(19)15(14)20/h6-7,10,12H,8-9H2,1-5H3. The molecule has 0 N–H and O–H groups in total. The fourth-order valence-corrected chi connectivity index (χ4v) is 3.51. The summed E-state index contributed by atoms with van der Waals surface area (Å²) in [6.45, 7) is 5.54. The highest BCUT2D eigenvalue weighted by Crippen LogP contribution is 2.43. The number of methoxy groups -OCH3 is 2. The zero-order valence-electron chi connectivity index (χ0n) is 15.5. The largest absolute Gasteiger partial charge is 0.496 e. The Hall–Kier alpha value is -1.66. The molecule has 1 heterocycles. The van der Waals surface area contributed by atoms with Gasteiger partial charge >= 0.3 is 12.1 Å². The summed E-state index contributed by atoms with van der Waals surface area (Å²) in [5.74, 6) is -0.192. The van der Waals surface area contributed by atoms with Gasteiger partial charge in [0.2, 0.25) is 0 Å². The van der Waals surface area contributed by atoms with E-state index in [-0.39, 0.29) is 12.5 Å². The number of ether oxygens (including phenoxy) is 3. The van der Waals surface area contributed by atoms with Crippen molar-refractivity contribution in [1.82, 2.24) is 4.90 Å². The van der Waals surface area contributed by atoms with Crippen molar-refractivity contribution in [2.24, 2.45) is 0 Å². The second-order valence-corrected chi connectivity index (χ2v) is 7.87. The lowest BCUT2D eigenvalue weighted by Crippen LogP contribution is -2.43. The molecule has 1 aromatic rings. The van der Waals surface area contributed by atoms with E-state index in [0.717, 1.165) is 0 Å². The van der Waals surface area contributed by atoms with Gasteiger partial charge in [0.05, 0.1) is 24.3 Å². The molecule has 1 saturated heterocycles. The number of carbonyl (C=O) groups excluding carboxylic acids is 2. The second-order valence-electron chi connectivity index (χ2n) is 7.08. The van der Waals surface area contributed by atoms with Gasteiger partial charge in [-0.3, -0.25) is 4.90 Å². The van der Waals surface area contributed by atoms with Crippen LogP contribution >= 0.6 is 23.2 Å². The lowest BCUT2D eigenvalue weighted by Gasteiger charge is -2.27. The maximum atomic E-state index is 12.6. The summed E-state index contributed by atoms with van der Waals surface area (Å²) in [4.78, 5) is 26.2. The number of benzene rings is 1. The number of hydrogen-bond acceptors (Lipinski definition) is 5. The molecule has 144 valence electrons. The van der Waals surface area contributed by atoms with Crippen molar-refractivity contribution in [1.29, 1.82) is 0 Å². The maximum absolute atomic E-state index is 12.6. The molecule has 8 heteroatoms. The second kappa shape index (κ2) is 7.92. The molecular formula is C18H23Cl2NO5. The summed E-state index contributed by atoms with van der Waals surface area (Å²) in [6, 6.07) is 2.59. The zero-order valence-corrected chi connectivity index (χ0v) is 17.0. The van der Waals surface area contributed by atoms with Gasteiger partial charge in [-0.25, -0.2) is 9.59 Å². The van der Waals surface area contributed by atoms with E-state index in [9.17, 15) is 9.59 Å². The summed E-state index contributed by atoms with van der Waals surface area (Å²) in [7, 11) is 2.82. The van der Waals surface area contributed by atoms with E-state index in [0.29, 0.717) is 27.8 Å². The summed E-state index contributed by atoms with van der Waals surface area (Å²) >= 11 is 12.5. The number of likely N-dealkylation sites (tertiary alicyclic amines) is 1. The van der Waals surface area contributed by atoms with Gasteiger partial charge in [0, 0.05) is 18.0 Å². The Morgan fingerprint density at radius 1 is 1.19 bits per heavy atom. The smallest absolute Gasteiger partial charge is 0.411 e. The van der Waals surface area contributed by atoms with E-state index in [2.05, 4.69) is 0 Å². The molecule has 1 fully saturated rings. The molecule has 0 spiro atoms. The predicted molar refractivity (Wildman–Crippen MR) is 99.1 cm³/mol. The van der Waals surface area contributed by atoms with E-state index >= 15 is 0 Å². The molecule has 1 aliphatic heterocycles. The van der Waals surface area contributed by atoms with Gasteiger partial charge in [0.1, 0.15) is 17.4 Å². The van der Waals surface area contributed by atoms with Crippen LogP contribution in [0.5, 0.6) is 5.75 Å². The quantitative estimate of drug-likeness (QED) is 0.704. The number of carbonyl (C=O) groups is 2. The molecule has 2 rings (SSSR count). The van der Waals surface area contributed by atoms with Crippen LogP contribution in [0.3, 0.4) is 0 Å². The normalized spacial score (nSPS) is 20.0. The molecule has 1 amide bonds. The fraction of sp³-hybridized carbons (Fsp3) is 0.556. The van der Waals surface area contributed by atoms with Crippen LogP contribution < -0.4 is 4.74 Å². The highest BCUT2D eigenvalue weighted by atomic mass is 35.5. The predicted octanol–water partition coefficient (Wildman–Crippen LogP) is 4.27. The van der Waals surface area contributed by atoms with Gasteiger partial charge in [0.15, 0.2) is 0 Å². The van der Waals surface area contributed by atoms with Gasteiger partial charge in [0.25, 0.3) is 0 Å². The number of hydrogen-bond donors (Lipinski definition) is 0. The maximum Gasteiger partial charge on any atom is 0.411 e. The number of nitrogens with zero attached hydrogens (tertiary/aromatic N) is 1. The summed E-state index contributed by atoms with van der Waals surface area (Å²) in [6.07, 6.45) is -0.241. The summed E-state index contributed by atoms with van der Waals surface area (Å²) in [5.41, 5.74) is -0.0112. The van der Waals surface area contributed by atoms with Crippen LogP contribution in [0.1, 0.15) is 38.7 Å². The Kier molecular flexibility index (Phi) is 6.29. The van der Waals surface area contributed by atoms with Crippen LogP contribution in [0, 0.1) is 0 Å². The van der Waals surface area contributed by atoms with Gasteiger partial charge in [-0.2, -0.15) is 0 Å². The van der Waals surface area contributed by atoms with Crippen LogP contribution in [0.4, 0.5) is 4.79 Å². The Bertz CT molecular complexity index is 702. The fourth-order valence-electron chi connectivity index (χ4n) is 3.03. The Morgan fingerprint density at radius 2 is 1.85 bits per heavy atom. The first-order chi connectivity index (χ1) is 12.1. The van der Waals surface area contributed by atoms with Crippen molar-refractivity contribution >= 4 is 35.3 Å². The molecule has 6 nitrogen and oxygen atoms in total. The van der Waals surface area contributed by atoms with E-state index in [1.54, 1.807) is 32.9 Å². The molecule has 1 aromatic carbocycles. The summed E-state index contributed by atoms with van der Waals surface area (Å²) < 4.78 is 15.7. The average Bonchev–Trinajstić information content (AvgIpc) is 2.99. The summed E-state index contributed by atoms with van der Waals surface area (Å²) in [5, 5.41) is 0.735. The highest BCUT2D eigenvalue weighted by Gasteiger charge is 2.44. The minimum atomic E-state index is -0.764. The Morgan fingerprint density at radius 3 is 2.38 bits per heavy atom. The first kappa shape index (κ1) is 20.6. The van der Waals surface area contributed by atoms with Gasteiger partial charge in [-0.1, -0.05) is 23.2 Å². The molecule has 0 aromatic heterocycles. The SMILES string of the molecule is COC(=O)C1CC(c2c(OC)ccc(Cl)c2Cl)CN1C(=O)OC(C)(C)C. The van der Waals surface area contributed by atoms with Crippen molar-refractivity contribution in [3.8, 4) is 5.75 Å². The van der Waals surface area contributed by atoms with Crippen LogP contribution in [-0.2, 0) is 14.3 Å². The van der Waals surface area contributed by atoms with Gasteiger partial charge in [-0.15, -0.1) is 0 Å². The lowest BCUT2D eigenvalue weighted by molar-refractivity contribution is -0.145. The molecule has 26 heavy (non-hydrogen) atoms. The minimum Gasteiger partial charge on any atom is -0.496 e. The van der Waals surface area contributed by atoms with Crippen LogP contribution in [0.25, 0.3) is 0 Å². The van der Waals surface area contributed by atoms with Crippen LogP contribution in [0.15, 0.2) is 12.1 Å². The van der Waals surface area contributed by atoms with Crippen molar-refractivity contribution in [2.45, 2.75) is 44.8 Å². The van der Waals surface area contributed by atoms with Crippen molar-refractivity contribution < 1.29 is 23.8 Å². The van der Waals surface area contributed by atoms with E-state index in [4.69, 9.17) is 37.4 Å².